The van der Waals surface area contributed by atoms with Gasteiger partial charge in [-0.15, -0.1) is 0 Å². The predicted octanol–water partition coefficient (Wildman–Crippen LogP) is 5.55. The molecule has 0 saturated carbocycles. The Bertz CT molecular complexity index is 443. The summed E-state index contributed by atoms with van der Waals surface area (Å²) in [6.45, 7) is 11.6. The maximum Gasteiger partial charge on any atom is 0.310 e. The fourth-order valence-electron chi connectivity index (χ4n) is 3.06. The number of hydrogen-bond acceptors (Lipinski definition) is 4. The number of likely N-dealkylation sites (N-methyl/N-ethyl adjacent to an activating group) is 1. The summed E-state index contributed by atoms with van der Waals surface area (Å²) < 4.78 is 5.84. The zero-order chi connectivity index (χ0) is 21.1. The van der Waals surface area contributed by atoms with E-state index in [1.807, 2.05) is 34.9 Å². The molecule has 4 heteroatoms. The van der Waals surface area contributed by atoms with Crippen molar-refractivity contribution in [2.75, 3.05) is 14.1 Å². The maximum atomic E-state index is 12.6. The third-order valence-electron chi connectivity index (χ3n) is 6.02. The maximum absolute atomic E-state index is 12.6. The number of unbranched alkanes of at least 4 members (excludes halogenated alkanes) is 5. The molecular weight excluding hydrogens is 338 g/mol. The minimum absolute atomic E-state index is 0.0443. The second-order valence-electron chi connectivity index (χ2n) is 8.75. The van der Waals surface area contributed by atoms with E-state index < -0.39 is 11.3 Å². The molecule has 0 amide bonds. The quantitative estimate of drug-likeness (QED) is 0.185. The Hall–Kier alpha value is -0.870. The summed E-state index contributed by atoms with van der Waals surface area (Å²) in [6, 6.07) is 0. The fraction of sp³-hybridized carbons (Fsp3) is 0.870. The highest BCUT2D eigenvalue weighted by Gasteiger charge is 2.51. The standard InChI is InChI=1S/C23H45NO3/c1-9-10-11-12-13-14-15-16-17-18-20(4)21(25)27-23(6,24(7)8)22(5,26)19(2)3/h13-14,19-20,26H,9-12,15-18H2,1-8H3. The third-order valence-corrected chi connectivity index (χ3v) is 6.02. The van der Waals surface area contributed by atoms with E-state index >= 15 is 0 Å². The molecule has 0 aromatic heterocycles. The number of nitrogens with zero attached hydrogens (tertiary/aromatic N) is 1. The van der Waals surface area contributed by atoms with E-state index in [1.54, 1.807) is 18.7 Å². The average Bonchev–Trinajstić information content (AvgIpc) is 2.59. The molecule has 0 bridgehead atoms. The molecule has 3 unspecified atom stereocenters. The number of rotatable bonds is 14. The highest BCUT2D eigenvalue weighted by atomic mass is 16.6. The minimum atomic E-state index is -1.14. The van der Waals surface area contributed by atoms with Crippen molar-refractivity contribution in [1.82, 2.24) is 4.90 Å². The Morgan fingerprint density at radius 1 is 1.04 bits per heavy atom. The zero-order valence-electron chi connectivity index (χ0n) is 19.2. The second-order valence-corrected chi connectivity index (χ2v) is 8.75. The lowest BCUT2D eigenvalue weighted by Crippen LogP contribution is -2.63. The highest BCUT2D eigenvalue weighted by Crippen LogP contribution is 2.35. The van der Waals surface area contributed by atoms with Gasteiger partial charge >= 0.3 is 5.97 Å². The van der Waals surface area contributed by atoms with Gasteiger partial charge in [-0.2, -0.15) is 0 Å². The first kappa shape index (κ1) is 26.1. The van der Waals surface area contributed by atoms with Gasteiger partial charge in [-0.25, -0.2) is 0 Å². The summed E-state index contributed by atoms with van der Waals surface area (Å²) in [5, 5.41) is 10.9. The van der Waals surface area contributed by atoms with Crippen LogP contribution in [0.4, 0.5) is 0 Å². The topological polar surface area (TPSA) is 49.8 Å². The molecule has 0 spiro atoms. The molecular formula is C23H45NO3. The lowest BCUT2D eigenvalue weighted by atomic mass is 9.82. The summed E-state index contributed by atoms with van der Waals surface area (Å²) in [7, 11) is 3.67. The predicted molar refractivity (Wildman–Crippen MR) is 115 cm³/mol. The fourth-order valence-corrected chi connectivity index (χ4v) is 3.06. The van der Waals surface area contributed by atoms with E-state index in [-0.39, 0.29) is 17.8 Å². The third kappa shape index (κ3) is 8.35. The summed E-state index contributed by atoms with van der Waals surface area (Å²) in [5.41, 5.74) is -2.21. The molecule has 160 valence electrons. The zero-order valence-corrected chi connectivity index (χ0v) is 19.2. The first-order chi connectivity index (χ1) is 12.5. The molecule has 0 aromatic rings. The van der Waals surface area contributed by atoms with Gasteiger partial charge in [0.2, 0.25) is 0 Å². The van der Waals surface area contributed by atoms with Crippen molar-refractivity contribution in [2.45, 2.75) is 104 Å². The van der Waals surface area contributed by atoms with Gasteiger partial charge in [-0.3, -0.25) is 9.69 Å². The monoisotopic (exact) mass is 383 g/mol. The van der Waals surface area contributed by atoms with Gasteiger partial charge in [0.25, 0.3) is 0 Å². The largest absolute Gasteiger partial charge is 0.441 e. The Morgan fingerprint density at radius 3 is 2.00 bits per heavy atom. The van der Waals surface area contributed by atoms with Crippen LogP contribution >= 0.6 is 0 Å². The Balaban J connectivity index is 4.43. The van der Waals surface area contributed by atoms with Crippen LogP contribution in [-0.2, 0) is 9.53 Å². The molecule has 0 radical (unpaired) electrons. The van der Waals surface area contributed by atoms with Gasteiger partial charge in [0.15, 0.2) is 5.72 Å². The summed E-state index contributed by atoms with van der Waals surface area (Å²) in [6.07, 6.45) is 13.6. The van der Waals surface area contributed by atoms with E-state index in [2.05, 4.69) is 19.1 Å². The van der Waals surface area contributed by atoms with Gasteiger partial charge in [0, 0.05) is 0 Å². The Kier molecular flexibility index (Phi) is 12.2. The van der Waals surface area contributed by atoms with E-state index in [9.17, 15) is 9.90 Å². The molecule has 0 rings (SSSR count). The highest BCUT2D eigenvalue weighted by molar-refractivity contribution is 5.72. The molecule has 27 heavy (non-hydrogen) atoms. The van der Waals surface area contributed by atoms with Crippen molar-refractivity contribution in [3.8, 4) is 0 Å². The lowest BCUT2D eigenvalue weighted by molar-refractivity contribution is -0.244. The number of aliphatic hydroxyl groups is 1. The lowest BCUT2D eigenvalue weighted by Gasteiger charge is -2.48. The molecule has 0 aliphatic heterocycles. The molecule has 0 aromatic carbocycles. The number of esters is 1. The number of hydrogen-bond donors (Lipinski definition) is 1. The van der Waals surface area contributed by atoms with Crippen LogP contribution in [-0.4, -0.2) is 41.4 Å². The van der Waals surface area contributed by atoms with Crippen LogP contribution in [0.15, 0.2) is 12.2 Å². The van der Waals surface area contributed by atoms with Crippen LogP contribution in [0.1, 0.15) is 92.9 Å². The van der Waals surface area contributed by atoms with Gasteiger partial charge < -0.3 is 9.84 Å². The van der Waals surface area contributed by atoms with E-state index in [0.29, 0.717) is 0 Å². The van der Waals surface area contributed by atoms with Crippen LogP contribution < -0.4 is 0 Å². The van der Waals surface area contributed by atoms with E-state index in [0.717, 1.165) is 25.7 Å². The molecule has 0 aliphatic carbocycles. The summed E-state index contributed by atoms with van der Waals surface area (Å²) >= 11 is 0. The normalized spacial score (nSPS) is 17.9. The van der Waals surface area contributed by atoms with Crippen LogP contribution in [0.2, 0.25) is 0 Å². The van der Waals surface area contributed by atoms with Crippen LogP contribution in [0.3, 0.4) is 0 Å². The van der Waals surface area contributed by atoms with Gasteiger partial charge in [-0.1, -0.05) is 59.1 Å². The Morgan fingerprint density at radius 2 is 1.56 bits per heavy atom. The van der Waals surface area contributed by atoms with Crippen molar-refractivity contribution in [2.24, 2.45) is 11.8 Å². The van der Waals surface area contributed by atoms with Crippen molar-refractivity contribution in [3.63, 3.8) is 0 Å². The minimum Gasteiger partial charge on any atom is -0.441 e. The molecule has 4 nitrogen and oxygen atoms in total. The number of allylic oxidation sites excluding steroid dienone is 2. The van der Waals surface area contributed by atoms with Gasteiger partial charge in [0.1, 0.15) is 5.60 Å². The van der Waals surface area contributed by atoms with Gasteiger partial charge in [0.05, 0.1) is 5.92 Å². The van der Waals surface area contributed by atoms with Crippen molar-refractivity contribution in [1.29, 1.82) is 0 Å². The number of carbonyl (C=O) groups is 1. The first-order valence-electron chi connectivity index (χ1n) is 10.8. The number of carbonyl (C=O) groups excluding carboxylic acids is 1. The average molecular weight is 384 g/mol. The van der Waals surface area contributed by atoms with Crippen molar-refractivity contribution in [3.05, 3.63) is 12.2 Å². The van der Waals surface area contributed by atoms with Crippen LogP contribution in [0, 0.1) is 11.8 Å². The Labute approximate surface area is 168 Å². The first-order valence-corrected chi connectivity index (χ1v) is 10.8. The molecule has 1 N–H and O–H groups in total. The van der Waals surface area contributed by atoms with Crippen LogP contribution in [0.25, 0.3) is 0 Å². The van der Waals surface area contributed by atoms with Gasteiger partial charge in [-0.05, 0) is 66.0 Å². The number of ether oxygens (including phenoxy) is 1. The summed E-state index contributed by atoms with van der Waals surface area (Å²) in [4.78, 5) is 14.4. The van der Waals surface area contributed by atoms with Crippen molar-refractivity contribution >= 4 is 5.97 Å². The SMILES string of the molecule is CCCCCC=CCCCCC(C)C(=O)OC(C)(N(C)C)C(C)(O)C(C)C. The molecule has 0 fully saturated rings. The molecule has 0 heterocycles. The molecule has 3 atom stereocenters. The smallest absolute Gasteiger partial charge is 0.310 e. The molecule has 0 aliphatic rings. The summed E-state index contributed by atoms with van der Waals surface area (Å²) in [5.74, 6) is -0.444. The van der Waals surface area contributed by atoms with Crippen LogP contribution in [0.5, 0.6) is 0 Å². The van der Waals surface area contributed by atoms with E-state index in [1.165, 1.54) is 25.7 Å². The van der Waals surface area contributed by atoms with Crippen molar-refractivity contribution < 1.29 is 14.6 Å². The molecule has 0 saturated heterocycles. The second kappa shape index (κ2) is 12.6. The van der Waals surface area contributed by atoms with E-state index in [4.69, 9.17) is 4.74 Å².